The minimum Gasteiger partial charge on any atom is -0.454 e. The van der Waals surface area contributed by atoms with Crippen LogP contribution in [0.25, 0.3) is 0 Å². The number of fused-ring (bicyclic) bond motifs is 1. The molecule has 4 rings (SSSR count). The zero-order valence-corrected chi connectivity index (χ0v) is 15.6. The SMILES string of the molecule is Cc1c(C(=O)Nc2ccc(F)c(F)c2)nnn1CC(=O)Nc1ccc2c(c1)OCO2. The number of nitrogens with zero attached hydrogens (tertiary/aromatic N) is 3. The molecular formula is C19H15F2N5O4. The molecule has 2 amide bonds. The van der Waals surface area contributed by atoms with Crippen molar-refractivity contribution in [3.8, 4) is 11.5 Å². The quantitative estimate of drug-likeness (QED) is 0.663. The summed E-state index contributed by atoms with van der Waals surface area (Å²) >= 11 is 0. The lowest BCUT2D eigenvalue weighted by Gasteiger charge is -2.07. The third-order valence-corrected chi connectivity index (χ3v) is 4.32. The number of hydrogen-bond donors (Lipinski definition) is 2. The smallest absolute Gasteiger partial charge is 0.278 e. The van der Waals surface area contributed by atoms with E-state index in [2.05, 4.69) is 20.9 Å². The molecule has 3 aromatic rings. The van der Waals surface area contributed by atoms with Crippen LogP contribution >= 0.6 is 0 Å². The monoisotopic (exact) mass is 415 g/mol. The molecule has 0 saturated carbocycles. The topological polar surface area (TPSA) is 107 Å². The van der Waals surface area contributed by atoms with Crippen molar-refractivity contribution in [2.75, 3.05) is 17.4 Å². The van der Waals surface area contributed by atoms with E-state index in [0.29, 0.717) is 22.9 Å². The molecule has 2 N–H and O–H groups in total. The van der Waals surface area contributed by atoms with Gasteiger partial charge in [-0.15, -0.1) is 5.10 Å². The van der Waals surface area contributed by atoms with E-state index in [0.717, 1.165) is 12.1 Å². The first-order valence-corrected chi connectivity index (χ1v) is 8.76. The third kappa shape index (κ3) is 3.90. The lowest BCUT2D eigenvalue weighted by atomic mass is 10.2. The number of anilines is 2. The molecule has 1 aromatic heterocycles. The van der Waals surface area contributed by atoms with E-state index in [1.807, 2.05) is 0 Å². The summed E-state index contributed by atoms with van der Waals surface area (Å²) in [5.41, 5.74) is 0.859. The van der Waals surface area contributed by atoms with Gasteiger partial charge in [0.05, 0.1) is 5.69 Å². The van der Waals surface area contributed by atoms with E-state index in [4.69, 9.17) is 9.47 Å². The van der Waals surface area contributed by atoms with Gasteiger partial charge in [0.2, 0.25) is 12.7 Å². The average Bonchev–Trinajstić information content (AvgIpc) is 3.31. The summed E-state index contributed by atoms with van der Waals surface area (Å²) in [5.74, 6) is -2.05. The van der Waals surface area contributed by atoms with Gasteiger partial charge < -0.3 is 20.1 Å². The highest BCUT2D eigenvalue weighted by Crippen LogP contribution is 2.34. The number of carbonyl (C=O) groups is 2. The number of nitrogens with one attached hydrogen (secondary N) is 2. The number of ether oxygens (including phenoxy) is 2. The molecule has 30 heavy (non-hydrogen) atoms. The summed E-state index contributed by atoms with van der Waals surface area (Å²) in [5, 5.41) is 12.7. The first kappa shape index (κ1) is 19.3. The fourth-order valence-electron chi connectivity index (χ4n) is 2.80. The molecule has 0 aliphatic carbocycles. The van der Waals surface area contributed by atoms with E-state index >= 15 is 0 Å². The van der Waals surface area contributed by atoms with Gasteiger partial charge >= 0.3 is 0 Å². The van der Waals surface area contributed by atoms with Crippen molar-refractivity contribution in [1.82, 2.24) is 15.0 Å². The highest BCUT2D eigenvalue weighted by atomic mass is 19.2. The Morgan fingerprint density at radius 1 is 1.03 bits per heavy atom. The second-order valence-corrected chi connectivity index (χ2v) is 6.38. The second kappa shape index (κ2) is 7.78. The molecular weight excluding hydrogens is 400 g/mol. The van der Waals surface area contributed by atoms with E-state index in [9.17, 15) is 18.4 Å². The van der Waals surface area contributed by atoms with Gasteiger partial charge in [0.25, 0.3) is 5.91 Å². The van der Waals surface area contributed by atoms with Crippen molar-refractivity contribution in [1.29, 1.82) is 0 Å². The average molecular weight is 415 g/mol. The Kier molecular flexibility index (Phi) is 5.00. The maximum atomic E-state index is 13.3. The van der Waals surface area contributed by atoms with Crippen molar-refractivity contribution >= 4 is 23.2 Å². The van der Waals surface area contributed by atoms with Gasteiger partial charge in [-0.2, -0.15) is 0 Å². The van der Waals surface area contributed by atoms with Crippen molar-refractivity contribution in [2.45, 2.75) is 13.5 Å². The van der Waals surface area contributed by atoms with Crippen LogP contribution in [0.5, 0.6) is 11.5 Å². The van der Waals surface area contributed by atoms with Crippen molar-refractivity contribution < 1.29 is 27.8 Å². The fraction of sp³-hybridized carbons (Fsp3) is 0.158. The summed E-state index contributed by atoms with van der Waals surface area (Å²) in [6, 6.07) is 7.95. The molecule has 1 aliphatic heterocycles. The maximum Gasteiger partial charge on any atom is 0.278 e. The largest absolute Gasteiger partial charge is 0.454 e. The Hall–Kier alpha value is -4.02. The third-order valence-electron chi connectivity index (χ3n) is 4.32. The molecule has 154 valence electrons. The maximum absolute atomic E-state index is 13.3. The Labute approximate surface area is 168 Å². The minimum atomic E-state index is -1.09. The lowest BCUT2D eigenvalue weighted by Crippen LogP contribution is -2.21. The molecule has 9 nitrogen and oxygen atoms in total. The van der Waals surface area contributed by atoms with Gasteiger partial charge in [-0.1, -0.05) is 5.21 Å². The Bertz CT molecular complexity index is 1150. The van der Waals surface area contributed by atoms with Crippen LogP contribution < -0.4 is 20.1 Å². The highest BCUT2D eigenvalue weighted by Gasteiger charge is 2.19. The molecule has 1 aliphatic rings. The molecule has 2 heterocycles. The summed E-state index contributed by atoms with van der Waals surface area (Å²) < 4.78 is 38.0. The van der Waals surface area contributed by atoms with Gasteiger partial charge in [-0.25, -0.2) is 13.5 Å². The summed E-state index contributed by atoms with van der Waals surface area (Å²) in [4.78, 5) is 24.7. The summed E-state index contributed by atoms with van der Waals surface area (Å²) in [6.07, 6.45) is 0. The van der Waals surface area contributed by atoms with Gasteiger partial charge in [0.15, 0.2) is 28.8 Å². The number of hydrogen-bond acceptors (Lipinski definition) is 6. The minimum absolute atomic E-state index is 0.0457. The summed E-state index contributed by atoms with van der Waals surface area (Å²) in [6.45, 7) is 1.50. The zero-order valence-electron chi connectivity index (χ0n) is 15.6. The Morgan fingerprint density at radius 2 is 1.77 bits per heavy atom. The molecule has 0 fully saturated rings. The van der Waals surface area contributed by atoms with Crippen LogP contribution in [0.1, 0.15) is 16.2 Å². The van der Waals surface area contributed by atoms with Crippen LogP contribution in [0.15, 0.2) is 36.4 Å². The van der Waals surface area contributed by atoms with Gasteiger partial charge in [0.1, 0.15) is 6.54 Å². The molecule has 11 heteroatoms. The molecule has 0 saturated heterocycles. The predicted molar refractivity (Wildman–Crippen MR) is 100 cm³/mol. The molecule has 0 bridgehead atoms. The van der Waals surface area contributed by atoms with Crippen LogP contribution in [0, 0.1) is 18.6 Å². The number of amides is 2. The molecule has 0 spiro atoms. The predicted octanol–water partition coefficient (Wildman–Crippen LogP) is 2.48. The van der Waals surface area contributed by atoms with Crippen LogP contribution in [0.4, 0.5) is 20.2 Å². The van der Waals surface area contributed by atoms with Crippen molar-refractivity contribution in [3.63, 3.8) is 0 Å². The first-order valence-electron chi connectivity index (χ1n) is 8.76. The van der Waals surface area contributed by atoms with E-state index < -0.39 is 23.4 Å². The van der Waals surface area contributed by atoms with Crippen LogP contribution in [0.2, 0.25) is 0 Å². The van der Waals surface area contributed by atoms with Crippen molar-refractivity contribution in [3.05, 3.63) is 59.4 Å². The van der Waals surface area contributed by atoms with Crippen molar-refractivity contribution in [2.24, 2.45) is 0 Å². The number of carbonyl (C=O) groups excluding carboxylic acids is 2. The Morgan fingerprint density at radius 3 is 2.57 bits per heavy atom. The van der Waals surface area contributed by atoms with Gasteiger partial charge in [-0.05, 0) is 31.2 Å². The van der Waals surface area contributed by atoms with Gasteiger partial charge in [-0.3, -0.25) is 9.59 Å². The van der Waals surface area contributed by atoms with Crippen LogP contribution in [-0.4, -0.2) is 33.6 Å². The molecule has 0 atom stereocenters. The first-order chi connectivity index (χ1) is 14.4. The lowest BCUT2D eigenvalue weighted by molar-refractivity contribution is -0.117. The molecule has 0 radical (unpaired) electrons. The highest BCUT2D eigenvalue weighted by molar-refractivity contribution is 6.03. The normalized spacial score (nSPS) is 12.0. The zero-order chi connectivity index (χ0) is 21.3. The number of aromatic nitrogens is 3. The standard InChI is InChI=1S/C19H15F2N5O4/c1-10-18(19(28)23-11-2-4-13(20)14(21)6-11)24-25-26(10)8-17(27)22-12-3-5-15-16(7-12)30-9-29-15/h2-7H,8-9H2,1H3,(H,22,27)(H,23,28). The van der Waals surface area contributed by atoms with E-state index in [1.54, 1.807) is 25.1 Å². The van der Waals surface area contributed by atoms with Crippen LogP contribution in [0.3, 0.4) is 0 Å². The van der Waals surface area contributed by atoms with E-state index in [-0.39, 0.29) is 24.7 Å². The van der Waals surface area contributed by atoms with Crippen LogP contribution in [-0.2, 0) is 11.3 Å². The second-order valence-electron chi connectivity index (χ2n) is 6.38. The molecule has 0 unspecified atom stereocenters. The fourth-order valence-corrected chi connectivity index (χ4v) is 2.80. The molecule has 2 aromatic carbocycles. The van der Waals surface area contributed by atoms with E-state index in [1.165, 1.54) is 10.7 Å². The number of rotatable bonds is 5. The van der Waals surface area contributed by atoms with Gasteiger partial charge in [0, 0.05) is 23.5 Å². The Balaban J connectivity index is 1.41. The summed E-state index contributed by atoms with van der Waals surface area (Å²) in [7, 11) is 0. The number of benzene rings is 2. The number of halogens is 2.